The van der Waals surface area contributed by atoms with Crippen molar-refractivity contribution in [1.29, 1.82) is 0 Å². The average Bonchev–Trinajstić information content (AvgIpc) is 4.04. The van der Waals surface area contributed by atoms with Gasteiger partial charge in [0.25, 0.3) is 0 Å². The molecule has 0 aliphatic carbocycles. The number of aryl methyl sites for hydroxylation is 1. The molecule has 12 atom stereocenters. The quantitative estimate of drug-likeness (QED) is 0.0689. The van der Waals surface area contributed by atoms with Gasteiger partial charge in [0, 0.05) is 38.7 Å². The number of ether oxygens (including phenoxy) is 5. The number of hydrogen-bond donors (Lipinski definition) is 0. The second-order valence-electron chi connectivity index (χ2n) is 16.8. The number of cyclic esters (lactones) is 1. The third-order valence-corrected chi connectivity index (χ3v) is 15.9. The van der Waals surface area contributed by atoms with Crippen LogP contribution in [0.4, 0.5) is 0 Å². The number of carbonyl (C=O) groups is 2. The summed E-state index contributed by atoms with van der Waals surface area (Å²) in [6.45, 7) is 16.6. The molecule has 10 nitrogen and oxygen atoms in total. The smallest absolute Gasteiger partial charge is 0.338 e. The van der Waals surface area contributed by atoms with Crippen molar-refractivity contribution in [2.24, 2.45) is 17.8 Å². The fourth-order valence-corrected chi connectivity index (χ4v) is 12.0. The van der Waals surface area contributed by atoms with Crippen molar-refractivity contribution < 1.29 is 42.1 Å². The minimum atomic E-state index is -2.53. The van der Waals surface area contributed by atoms with Crippen molar-refractivity contribution in [1.82, 2.24) is 4.98 Å². The van der Waals surface area contributed by atoms with Crippen LogP contribution in [0.5, 0.6) is 0 Å². The second kappa shape index (κ2) is 17.9. The van der Waals surface area contributed by atoms with Gasteiger partial charge < -0.3 is 32.5 Å². The highest BCUT2D eigenvalue weighted by Gasteiger charge is 2.60. The molecule has 1 aromatic carbocycles. The first kappa shape index (κ1) is 42.0. The van der Waals surface area contributed by atoms with Crippen LogP contribution in [0.25, 0.3) is 6.08 Å². The molecule has 3 saturated heterocycles. The van der Waals surface area contributed by atoms with E-state index in [0.29, 0.717) is 25.2 Å². The normalized spacial score (nSPS) is 34.0. The summed E-state index contributed by atoms with van der Waals surface area (Å²) >= 11 is 0. The van der Waals surface area contributed by atoms with Crippen molar-refractivity contribution in [2.45, 2.75) is 141 Å². The van der Waals surface area contributed by atoms with E-state index in [4.69, 9.17) is 32.5 Å². The third kappa shape index (κ3) is 10.1. The van der Waals surface area contributed by atoms with Crippen LogP contribution in [0.2, 0.25) is 12.6 Å². The zero-order valence-corrected chi connectivity index (χ0v) is 35.6. The van der Waals surface area contributed by atoms with Crippen LogP contribution < -0.4 is 5.19 Å². The van der Waals surface area contributed by atoms with E-state index in [0.717, 1.165) is 35.7 Å². The summed E-state index contributed by atoms with van der Waals surface area (Å²) in [5.74, 6) is -0.167. The van der Waals surface area contributed by atoms with Gasteiger partial charge in [0.05, 0.1) is 18.3 Å². The maximum absolute atomic E-state index is 14.0. The van der Waals surface area contributed by atoms with Crippen molar-refractivity contribution in [3.63, 3.8) is 0 Å². The number of hydrogen-bond acceptors (Lipinski definition) is 10. The van der Waals surface area contributed by atoms with Crippen LogP contribution in [0.15, 0.2) is 82.5 Å². The van der Waals surface area contributed by atoms with Gasteiger partial charge in [0.2, 0.25) is 8.32 Å². The van der Waals surface area contributed by atoms with Crippen LogP contribution in [-0.4, -0.2) is 80.7 Å². The molecular formula is C45H61NO9Si. The number of methoxy groups -OCH3 is 1. The Hall–Kier alpha value is -3.61. The summed E-state index contributed by atoms with van der Waals surface area (Å²) in [4.78, 5) is 31.1. The lowest BCUT2D eigenvalue weighted by molar-refractivity contribution is -0.159. The molecule has 4 aliphatic rings. The molecule has 1 aromatic heterocycles. The van der Waals surface area contributed by atoms with E-state index in [1.807, 2.05) is 51.1 Å². The Labute approximate surface area is 333 Å². The first-order valence-electron chi connectivity index (χ1n) is 20.4. The molecule has 304 valence electrons. The summed E-state index contributed by atoms with van der Waals surface area (Å²) in [7, 11) is -0.833. The molecule has 4 aliphatic heterocycles. The number of fused-ring (bicyclic) bond motifs is 4. The fraction of sp³-hybridized carbons (Fsp3) is 0.578. The predicted molar refractivity (Wildman–Crippen MR) is 217 cm³/mol. The van der Waals surface area contributed by atoms with Gasteiger partial charge in [-0.25, -0.2) is 9.78 Å². The lowest BCUT2D eigenvalue weighted by Crippen LogP contribution is -2.54. The fourth-order valence-electron chi connectivity index (χ4n) is 8.64. The van der Waals surface area contributed by atoms with Gasteiger partial charge in [-0.15, -0.1) is 0 Å². The van der Waals surface area contributed by atoms with E-state index in [-0.39, 0.29) is 48.1 Å². The second-order valence-corrected chi connectivity index (χ2v) is 20.5. The van der Waals surface area contributed by atoms with Crippen molar-refractivity contribution in [2.75, 3.05) is 7.11 Å². The number of rotatable bonds is 12. The topological polar surface area (TPSA) is 122 Å². The maximum Gasteiger partial charge on any atom is 0.338 e. The van der Waals surface area contributed by atoms with E-state index in [1.54, 1.807) is 13.4 Å². The van der Waals surface area contributed by atoms with E-state index >= 15 is 0 Å². The largest absolute Gasteiger partial charge is 0.462 e. The third-order valence-electron chi connectivity index (χ3n) is 12.1. The van der Waals surface area contributed by atoms with Gasteiger partial charge in [-0.2, -0.15) is 0 Å². The molecule has 0 amide bonds. The number of epoxide rings is 2. The number of nitrogens with zero attached hydrogens (tertiary/aromatic N) is 1. The van der Waals surface area contributed by atoms with Crippen molar-refractivity contribution >= 4 is 31.5 Å². The van der Waals surface area contributed by atoms with Crippen LogP contribution in [0.3, 0.4) is 0 Å². The number of aromatic nitrogens is 1. The molecule has 0 spiro atoms. The molecule has 0 radical (unpaired) electrons. The minimum absolute atomic E-state index is 0.00255. The molecule has 2 bridgehead atoms. The molecule has 2 aromatic rings. The molecule has 6 rings (SSSR count). The Bertz CT molecular complexity index is 1800. The first-order chi connectivity index (χ1) is 26.7. The minimum Gasteiger partial charge on any atom is -0.462 e. The molecule has 1 unspecified atom stereocenters. The Kier molecular flexibility index (Phi) is 13.4. The molecule has 5 heterocycles. The lowest BCUT2D eigenvalue weighted by atomic mass is 9.84. The Morgan fingerprint density at radius 1 is 1.09 bits per heavy atom. The van der Waals surface area contributed by atoms with E-state index < -0.39 is 38.2 Å². The van der Waals surface area contributed by atoms with E-state index in [2.05, 4.69) is 75.6 Å². The first-order valence-corrected chi connectivity index (χ1v) is 23.0. The van der Waals surface area contributed by atoms with Gasteiger partial charge in [-0.05, 0) is 74.5 Å². The SMILES string of the molecule is CCC[Si](C)(O[C@H]1C[C@@H]([C@H](C)[C@@H](OC)/C(C)=C/C=C/C(C)=C/c2coc(C)n2)OC(=O)[C@@H]2O[C@H]2C[C@H]2CC(=O)O[C@H](C2)[C@H](C)/C=C/[C@H]2O[C@]12C)c1ccccc1. The van der Waals surface area contributed by atoms with Gasteiger partial charge in [-0.3, -0.25) is 4.79 Å². The van der Waals surface area contributed by atoms with Crippen LogP contribution >= 0.6 is 0 Å². The van der Waals surface area contributed by atoms with Crippen molar-refractivity contribution in [3.8, 4) is 0 Å². The van der Waals surface area contributed by atoms with Crippen LogP contribution in [0, 0.1) is 24.7 Å². The van der Waals surface area contributed by atoms with E-state index in [9.17, 15) is 9.59 Å². The monoisotopic (exact) mass is 787 g/mol. The average molecular weight is 788 g/mol. The van der Waals surface area contributed by atoms with Gasteiger partial charge in [0.15, 0.2) is 12.0 Å². The molecule has 11 heteroatoms. The molecule has 3 fully saturated rings. The number of benzene rings is 1. The Morgan fingerprint density at radius 3 is 2.54 bits per heavy atom. The summed E-state index contributed by atoms with van der Waals surface area (Å²) in [5, 5.41) is 1.21. The summed E-state index contributed by atoms with van der Waals surface area (Å²) in [5.41, 5.74) is 2.09. The van der Waals surface area contributed by atoms with Crippen LogP contribution in [-0.2, 0) is 37.7 Å². The standard InChI is InChI=1S/C45H61NO9Si/c1-10-21-56(9,35-17-12-11-13-18-35)55-40-26-37(31(5)42(49-8)30(4)16-14-15-28(2)22-34-27-50-32(6)46-34)53-44(48)43-38(52-43)24-33-23-36(51-41(47)25-33)29(3)19-20-39-45(40,7)54-39/h11-20,22,27,29,31,33,36-40,42-43H,10,21,23-26H2,1-9H3/b15-14+,20-19+,28-22+,30-16+/t29-,31+,33+,36-,37+,38+,39-,40+,42+,43-,45+,56?/m1/s1. The van der Waals surface area contributed by atoms with Gasteiger partial charge in [-0.1, -0.05) is 87.9 Å². The molecule has 0 N–H and O–H groups in total. The summed E-state index contributed by atoms with van der Waals surface area (Å²) < 4.78 is 43.9. The zero-order valence-electron chi connectivity index (χ0n) is 34.6. The lowest BCUT2D eigenvalue weighted by Gasteiger charge is -2.38. The van der Waals surface area contributed by atoms with Crippen molar-refractivity contribution in [3.05, 3.63) is 89.7 Å². The van der Waals surface area contributed by atoms with Gasteiger partial charge >= 0.3 is 11.9 Å². The highest BCUT2D eigenvalue weighted by molar-refractivity contribution is 6.85. The molecule has 56 heavy (non-hydrogen) atoms. The van der Waals surface area contributed by atoms with Crippen LogP contribution in [0.1, 0.15) is 85.2 Å². The summed E-state index contributed by atoms with van der Waals surface area (Å²) in [6, 6.07) is 11.4. The molecule has 0 saturated carbocycles. The van der Waals surface area contributed by atoms with Gasteiger partial charge in [0.1, 0.15) is 35.9 Å². The van der Waals surface area contributed by atoms with E-state index in [1.165, 1.54) is 5.19 Å². The number of oxazole rings is 1. The Morgan fingerprint density at radius 2 is 1.84 bits per heavy atom. The number of allylic oxidation sites excluding steroid dienone is 4. The molecular weight excluding hydrogens is 727 g/mol. The summed E-state index contributed by atoms with van der Waals surface area (Å²) in [6.07, 6.45) is 14.1. The number of esters is 2. The maximum atomic E-state index is 14.0. The predicted octanol–water partition coefficient (Wildman–Crippen LogP) is 7.96. The zero-order chi connectivity index (χ0) is 40.2. The highest BCUT2D eigenvalue weighted by atomic mass is 28.4. The Balaban J connectivity index is 1.33. The highest BCUT2D eigenvalue weighted by Crippen LogP contribution is 2.46. The number of carbonyl (C=O) groups excluding carboxylic acids is 2.